The molecule has 13 heavy (non-hydrogen) atoms. The average molecular weight is 181 g/mol. The SMILES string of the molecule is CC(O)C(=O)ONc1ccccc1. The Kier molecular flexibility index (Phi) is 3.28. The van der Waals surface area contributed by atoms with Gasteiger partial charge in [0.1, 0.15) is 0 Å². The van der Waals surface area contributed by atoms with Gasteiger partial charge in [-0.1, -0.05) is 18.2 Å². The monoisotopic (exact) mass is 181 g/mol. The molecule has 0 bridgehead atoms. The molecule has 0 amide bonds. The third kappa shape index (κ3) is 3.13. The fourth-order valence-corrected chi connectivity index (χ4v) is 0.701. The van der Waals surface area contributed by atoms with Crippen molar-refractivity contribution < 1.29 is 14.7 Å². The molecule has 0 spiro atoms. The Morgan fingerprint density at radius 1 is 1.46 bits per heavy atom. The van der Waals surface area contributed by atoms with Crippen molar-refractivity contribution >= 4 is 11.7 Å². The lowest BCUT2D eigenvalue weighted by Gasteiger charge is -2.07. The molecule has 0 saturated heterocycles. The minimum atomic E-state index is -1.11. The molecule has 1 aromatic carbocycles. The summed E-state index contributed by atoms with van der Waals surface area (Å²) >= 11 is 0. The molecule has 0 aromatic heterocycles. The van der Waals surface area contributed by atoms with Gasteiger partial charge in [0.05, 0.1) is 5.69 Å². The zero-order chi connectivity index (χ0) is 9.68. The highest BCUT2D eigenvalue weighted by molar-refractivity contribution is 5.74. The molecule has 0 fully saturated rings. The molecule has 0 aliphatic heterocycles. The molecule has 0 heterocycles. The van der Waals surface area contributed by atoms with Crippen molar-refractivity contribution in [3.63, 3.8) is 0 Å². The highest BCUT2D eigenvalue weighted by Gasteiger charge is 2.09. The molecule has 0 aliphatic rings. The molecule has 1 rings (SSSR count). The van der Waals surface area contributed by atoms with Gasteiger partial charge in [0.25, 0.3) is 0 Å². The van der Waals surface area contributed by atoms with Gasteiger partial charge in [0.2, 0.25) is 0 Å². The van der Waals surface area contributed by atoms with E-state index in [9.17, 15) is 4.79 Å². The van der Waals surface area contributed by atoms with Crippen LogP contribution in [0.1, 0.15) is 6.92 Å². The first-order valence-corrected chi connectivity index (χ1v) is 3.90. The summed E-state index contributed by atoms with van der Waals surface area (Å²) in [5.41, 5.74) is 3.08. The van der Waals surface area contributed by atoms with Crippen LogP contribution in [0, 0.1) is 0 Å². The number of rotatable bonds is 3. The van der Waals surface area contributed by atoms with E-state index in [1.807, 2.05) is 6.07 Å². The van der Waals surface area contributed by atoms with Gasteiger partial charge in [0.15, 0.2) is 6.10 Å². The number of anilines is 1. The standard InChI is InChI=1S/C9H11NO3/c1-7(11)9(12)13-10-8-5-3-2-4-6-8/h2-7,10-11H,1H3. The van der Waals surface area contributed by atoms with E-state index in [1.54, 1.807) is 24.3 Å². The Morgan fingerprint density at radius 2 is 2.08 bits per heavy atom. The van der Waals surface area contributed by atoms with Crippen LogP contribution in [0.15, 0.2) is 30.3 Å². The Hall–Kier alpha value is -1.55. The number of carbonyl (C=O) groups is 1. The first-order valence-electron chi connectivity index (χ1n) is 3.90. The van der Waals surface area contributed by atoms with Crippen LogP contribution in [0.5, 0.6) is 0 Å². The zero-order valence-electron chi connectivity index (χ0n) is 7.23. The number of hydrogen-bond acceptors (Lipinski definition) is 4. The van der Waals surface area contributed by atoms with Crippen LogP contribution in [0.4, 0.5) is 5.69 Å². The lowest BCUT2D eigenvalue weighted by atomic mass is 10.3. The van der Waals surface area contributed by atoms with Gasteiger partial charge < -0.3 is 9.94 Å². The van der Waals surface area contributed by atoms with Crippen molar-refractivity contribution in [2.45, 2.75) is 13.0 Å². The van der Waals surface area contributed by atoms with Crippen molar-refractivity contribution in [3.05, 3.63) is 30.3 Å². The van der Waals surface area contributed by atoms with Crippen LogP contribution in [0.3, 0.4) is 0 Å². The minimum absolute atomic E-state index is 0.663. The highest BCUT2D eigenvalue weighted by Crippen LogP contribution is 2.04. The van der Waals surface area contributed by atoms with Crippen LogP contribution in [0.2, 0.25) is 0 Å². The molecular weight excluding hydrogens is 170 g/mol. The van der Waals surface area contributed by atoms with E-state index in [2.05, 4.69) is 10.3 Å². The summed E-state index contributed by atoms with van der Waals surface area (Å²) in [5.74, 6) is -0.705. The molecule has 4 heteroatoms. The van der Waals surface area contributed by atoms with Gasteiger partial charge in [-0.3, -0.25) is 0 Å². The second kappa shape index (κ2) is 4.47. The summed E-state index contributed by atoms with van der Waals surface area (Å²) in [6.45, 7) is 1.34. The Labute approximate surface area is 76.1 Å². The van der Waals surface area contributed by atoms with Gasteiger partial charge in [-0.2, -0.15) is 0 Å². The zero-order valence-corrected chi connectivity index (χ0v) is 7.23. The average Bonchev–Trinajstić information content (AvgIpc) is 2.15. The van der Waals surface area contributed by atoms with E-state index in [0.29, 0.717) is 5.69 Å². The Bertz CT molecular complexity index is 271. The van der Waals surface area contributed by atoms with Crippen molar-refractivity contribution in [1.82, 2.24) is 0 Å². The van der Waals surface area contributed by atoms with E-state index in [1.165, 1.54) is 6.92 Å². The van der Waals surface area contributed by atoms with Crippen LogP contribution in [-0.2, 0) is 9.63 Å². The predicted molar refractivity (Wildman–Crippen MR) is 47.8 cm³/mol. The quantitative estimate of drug-likeness (QED) is 0.681. The summed E-state index contributed by atoms with van der Waals surface area (Å²) in [7, 11) is 0. The van der Waals surface area contributed by atoms with Crippen LogP contribution in [0.25, 0.3) is 0 Å². The Morgan fingerprint density at radius 3 is 2.62 bits per heavy atom. The topological polar surface area (TPSA) is 58.6 Å². The molecular formula is C9H11NO3. The highest BCUT2D eigenvalue weighted by atomic mass is 16.7. The normalized spacial score (nSPS) is 11.8. The lowest BCUT2D eigenvalue weighted by molar-refractivity contribution is -0.149. The second-order valence-electron chi connectivity index (χ2n) is 2.57. The molecule has 1 aromatic rings. The minimum Gasteiger partial charge on any atom is -0.382 e. The third-order valence-electron chi connectivity index (χ3n) is 1.38. The van der Waals surface area contributed by atoms with E-state index < -0.39 is 12.1 Å². The number of aliphatic hydroxyl groups is 1. The molecule has 0 saturated carbocycles. The van der Waals surface area contributed by atoms with Gasteiger partial charge in [-0.15, -0.1) is 0 Å². The molecule has 2 N–H and O–H groups in total. The fourth-order valence-electron chi connectivity index (χ4n) is 0.701. The van der Waals surface area contributed by atoms with E-state index >= 15 is 0 Å². The van der Waals surface area contributed by atoms with Crippen molar-refractivity contribution in [2.75, 3.05) is 5.48 Å². The number of aliphatic hydroxyl groups excluding tert-OH is 1. The molecule has 0 aliphatic carbocycles. The van der Waals surface area contributed by atoms with Crippen LogP contribution < -0.4 is 5.48 Å². The number of nitrogens with one attached hydrogen (secondary N) is 1. The summed E-state index contributed by atoms with van der Waals surface area (Å²) in [6, 6.07) is 8.95. The predicted octanol–water partition coefficient (Wildman–Crippen LogP) is 0.937. The maximum atomic E-state index is 10.8. The maximum Gasteiger partial charge on any atom is 0.359 e. The molecule has 1 unspecified atom stereocenters. The maximum absolute atomic E-state index is 10.8. The van der Waals surface area contributed by atoms with Gasteiger partial charge in [-0.25, -0.2) is 10.3 Å². The molecule has 70 valence electrons. The van der Waals surface area contributed by atoms with Crippen molar-refractivity contribution in [3.8, 4) is 0 Å². The first kappa shape index (κ1) is 9.54. The summed E-state index contributed by atoms with van der Waals surface area (Å²) in [6.07, 6.45) is -1.11. The van der Waals surface area contributed by atoms with Crippen molar-refractivity contribution in [1.29, 1.82) is 0 Å². The second-order valence-corrected chi connectivity index (χ2v) is 2.57. The largest absolute Gasteiger partial charge is 0.382 e. The summed E-state index contributed by atoms with van der Waals surface area (Å²) in [4.78, 5) is 15.3. The number of carbonyl (C=O) groups excluding carboxylic acids is 1. The molecule has 0 radical (unpaired) electrons. The summed E-state index contributed by atoms with van der Waals surface area (Å²) < 4.78 is 0. The van der Waals surface area contributed by atoms with Crippen LogP contribution in [-0.4, -0.2) is 17.2 Å². The lowest BCUT2D eigenvalue weighted by Crippen LogP contribution is -2.22. The first-order chi connectivity index (χ1) is 6.20. The molecule has 1 atom stereocenters. The smallest absolute Gasteiger partial charge is 0.359 e. The van der Waals surface area contributed by atoms with Crippen molar-refractivity contribution in [2.24, 2.45) is 0 Å². The Balaban J connectivity index is 2.40. The number of hydrogen-bond donors (Lipinski definition) is 2. The van der Waals surface area contributed by atoms with E-state index in [-0.39, 0.29) is 0 Å². The fraction of sp³-hybridized carbons (Fsp3) is 0.222. The third-order valence-corrected chi connectivity index (χ3v) is 1.38. The van der Waals surface area contributed by atoms with Gasteiger partial charge in [-0.05, 0) is 19.1 Å². The van der Waals surface area contributed by atoms with Gasteiger partial charge in [0, 0.05) is 0 Å². The number of benzene rings is 1. The molecule has 4 nitrogen and oxygen atoms in total. The van der Waals surface area contributed by atoms with E-state index in [4.69, 9.17) is 5.11 Å². The summed E-state index contributed by atoms with van der Waals surface area (Å²) in [5, 5.41) is 8.78. The van der Waals surface area contributed by atoms with Crippen LogP contribution >= 0.6 is 0 Å². The van der Waals surface area contributed by atoms with E-state index in [0.717, 1.165) is 0 Å². The van der Waals surface area contributed by atoms with Gasteiger partial charge >= 0.3 is 5.97 Å². The number of para-hydroxylation sites is 1.